The molecule has 0 heterocycles. The van der Waals surface area contributed by atoms with Crippen molar-refractivity contribution in [3.8, 4) is 0 Å². The van der Waals surface area contributed by atoms with E-state index < -0.39 is 16.4 Å². The van der Waals surface area contributed by atoms with Crippen molar-refractivity contribution in [3.63, 3.8) is 0 Å². The summed E-state index contributed by atoms with van der Waals surface area (Å²) in [7, 11) is 0. The van der Waals surface area contributed by atoms with Crippen molar-refractivity contribution >= 4 is 28.7 Å². The SMILES string of the molecule is O=[N+]([O-])c1c(F)cccc1Nc1ccc(Cl)cc1. The summed E-state index contributed by atoms with van der Waals surface area (Å²) < 4.78 is 13.4. The predicted octanol–water partition coefficient (Wildman–Crippen LogP) is 4.13. The topological polar surface area (TPSA) is 55.2 Å². The van der Waals surface area contributed by atoms with Crippen molar-refractivity contribution in [1.82, 2.24) is 0 Å². The van der Waals surface area contributed by atoms with E-state index in [0.717, 1.165) is 6.07 Å². The number of nitro groups is 1. The fourth-order valence-electron chi connectivity index (χ4n) is 1.49. The first-order chi connectivity index (χ1) is 8.58. The molecule has 0 aliphatic heterocycles. The van der Waals surface area contributed by atoms with Gasteiger partial charge in [-0.05, 0) is 36.4 Å². The van der Waals surface area contributed by atoms with Gasteiger partial charge in [-0.2, -0.15) is 4.39 Å². The van der Waals surface area contributed by atoms with Crippen molar-refractivity contribution in [3.05, 3.63) is 63.4 Å². The first kappa shape index (κ1) is 12.3. The Morgan fingerprint density at radius 2 is 1.83 bits per heavy atom. The average Bonchev–Trinajstić information content (AvgIpc) is 2.32. The number of hydrogen-bond acceptors (Lipinski definition) is 3. The van der Waals surface area contributed by atoms with Gasteiger partial charge in [0.15, 0.2) is 0 Å². The molecule has 0 aromatic heterocycles. The zero-order valence-electron chi connectivity index (χ0n) is 9.06. The quantitative estimate of drug-likeness (QED) is 0.671. The highest BCUT2D eigenvalue weighted by Crippen LogP contribution is 2.30. The molecular weight excluding hydrogens is 259 g/mol. The van der Waals surface area contributed by atoms with E-state index in [-0.39, 0.29) is 5.69 Å². The van der Waals surface area contributed by atoms with E-state index in [1.54, 1.807) is 24.3 Å². The molecule has 0 radical (unpaired) electrons. The molecule has 1 N–H and O–H groups in total. The van der Waals surface area contributed by atoms with Crippen molar-refractivity contribution in [1.29, 1.82) is 0 Å². The molecule has 2 aromatic rings. The highest BCUT2D eigenvalue weighted by Gasteiger charge is 2.19. The van der Waals surface area contributed by atoms with Gasteiger partial charge in [-0.15, -0.1) is 0 Å². The first-order valence-electron chi connectivity index (χ1n) is 5.03. The molecule has 0 bridgehead atoms. The lowest BCUT2D eigenvalue weighted by atomic mass is 10.2. The molecule has 0 saturated heterocycles. The van der Waals surface area contributed by atoms with Crippen LogP contribution < -0.4 is 5.32 Å². The lowest BCUT2D eigenvalue weighted by Gasteiger charge is -2.07. The van der Waals surface area contributed by atoms with E-state index >= 15 is 0 Å². The van der Waals surface area contributed by atoms with Gasteiger partial charge in [0.2, 0.25) is 5.82 Å². The molecule has 0 aliphatic rings. The maximum atomic E-state index is 13.4. The number of para-hydroxylation sites is 1. The van der Waals surface area contributed by atoms with Crippen LogP contribution in [0.2, 0.25) is 5.02 Å². The largest absolute Gasteiger partial charge is 0.350 e. The second-order valence-corrected chi connectivity index (χ2v) is 3.96. The average molecular weight is 267 g/mol. The summed E-state index contributed by atoms with van der Waals surface area (Å²) in [6.45, 7) is 0. The summed E-state index contributed by atoms with van der Waals surface area (Å²) in [6.07, 6.45) is 0. The normalized spacial score (nSPS) is 10.1. The fourth-order valence-corrected chi connectivity index (χ4v) is 1.62. The molecule has 2 aromatic carbocycles. The molecule has 0 amide bonds. The second-order valence-electron chi connectivity index (χ2n) is 3.53. The van der Waals surface area contributed by atoms with Gasteiger partial charge in [0.25, 0.3) is 0 Å². The Labute approximate surface area is 107 Å². The Bertz CT molecular complexity index is 587. The Morgan fingerprint density at radius 1 is 1.17 bits per heavy atom. The number of nitrogens with zero attached hydrogens (tertiary/aromatic N) is 1. The third kappa shape index (κ3) is 2.57. The highest BCUT2D eigenvalue weighted by atomic mass is 35.5. The van der Waals surface area contributed by atoms with Gasteiger partial charge in [0, 0.05) is 10.7 Å². The molecule has 92 valence electrons. The number of nitrogens with one attached hydrogen (secondary N) is 1. The van der Waals surface area contributed by atoms with E-state index in [9.17, 15) is 14.5 Å². The summed E-state index contributed by atoms with van der Waals surface area (Å²) >= 11 is 5.73. The van der Waals surface area contributed by atoms with Gasteiger partial charge in [-0.1, -0.05) is 17.7 Å². The molecule has 18 heavy (non-hydrogen) atoms. The van der Waals surface area contributed by atoms with Crippen molar-refractivity contribution in [2.45, 2.75) is 0 Å². The standard InChI is InChI=1S/C12H8ClFN2O2/c13-8-4-6-9(7-5-8)15-11-3-1-2-10(14)12(11)16(17)18/h1-7,15H. The highest BCUT2D eigenvalue weighted by molar-refractivity contribution is 6.30. The van der Waals surface area contributed by atoms with Gasteiger partial charge in [-0.3, -0.25) is 10.1 Å². The lowest BCUT2D eigenvalue weighted by Crippen LogP contribution is -1.99. The van der Waals surface area contributed by atoms with E-state index in [1.165, 1.54) is 12.1 Å². The first-order valence-corrected chi connectivity index (χ1v) is 5.41. The van der Waals surface area contributed by atoms with Crippen LogP contribution in [-0.2, 0) is 0 Å². The van der Waals surface area contributed by atoms with Gasteiger partial charge in [-0.25, -0.2) is 0 Å². The summed E-state index contributed by atoms with van der Waals surface area (Å²) in [5, 5.41) is 14.1. The van der Waals surface area contributed by atoms with Crippen LogP contribution in [-0.4, -0.2) is 4.92 Å². The Hall–Kier alpha value is -2.14. The lowest BCUT2D eigenvalue weighted by molar-refractivity contribution is -0.386. The smallest absolute Gasteiger partial charge is 0.327 e. The van der Waals surface area contributed by atoms with Crippen molar-refractivity contribution < 1.29 is 9.31 Å². The number of hydrogen-bond donors (Lipinski definition) is 1. The summed E-state index contributed by atoms with van der Waals surface area (Å²) in [4.78, 5) is 10.0. The molecule has 0 fully saturated rings. The van der Waals surface area contributed by atoms with Crippen LogP contribution in [0.25, 0.3) is 0 Å². The van der Waals surface area contributed by atoms with Gasteiger partial charge in [0.05, 0.1) is 4.92 Å². The number of rotatable bonds is 3. The van der Waals surface area contributed by atoms with Crippen molar-refractivity contribution in [2.75, 3.05) is 5.32 Å². The minimum absolute atomic E-state index is 0.0994. The summed E-state index contributed by atoms with van der Waals surface area (Å²) in [5.74, 6) is -0.876. The monoisotopic (exact) mass is 266 g/mol. The Balaban J connectivity index is 2.37. The molecule has 0 spiro atoms. The number of anilines is 2. The number of nitro benzene ring substituents is 1. The van der Waals surface area contributed by atoms with Crippen LogP contribution in [0.5, 0.6) is 0 Å². The van der Waals surface area contributed by atoms with Crippen LogP contribution >= 0.6 is 11.6 Å². The molecule has 0 unspecified atom stereocenters. The third-order valence-corrected chi connectivity index (χ3v) is 2.54. The maximum absolute atomic E-state index is 13.4. The molecule has 0 aliphatic carbocycles. The minimum atomic E-state index is -0.876. The van der Waals surface area contributed by atoms with Crippen LogP contribution in [0.15, 0.2) is 42.5 Å². The van der Waals surface area contributed by atoms with Gasteiger partial charge >= 0.3 is 5.69 Å². The molecular formula is C12H8ClFN2O2. The minimum Gasteiger partial charge on any atom is -0.350 e. The van der Waals surface area contributed by atoms with Crippen LogP contribution in [0.3, 0.4) is 0 Å². The van der Waals surface area contributed by atoms with E-state index in [0.29, 0.717) is 10.7 Å². The van der Waals surface area contributed by atoms with Crippen LogP contribution in [0.4, 0.5) is 21.5 Å². The zero-order chi connectivity index (χ0) is 13.1. The second kappa shape index (κ2) is 5.01. The zero-order valence-corrected chi connectivity index (χ0v) is 9.82. The molecule has 6 heteroatoms. The van der Waals surface area contributed by atoms with E-state index in [4.69, 9.17) is 11.6 Å². The summed E-state index contributed by atoms with van der Waals surface area (Å²) in [6, 6.07) is 10.5. The molecule has 4 nitrogen and oxygen atoms in total. The van der Waals surface area contributed by atoms with Crippen LogP contribution in [0.1, 0.15) is 0 Å². The Kier molecular flexibility index (Phi) is 3.43. The summed E-state index contributed by atoms with van der Waals surface area (Å²) in [5.41, 5.74) is 0.114. The number of benzene rings is 2. The van der Waals surface area contributed by atoms with Crippen LogP contribution in [0, 0.1) is 15.9 Å². The van der Waals surface area contributed by atoms with E-state index in [2.05, 4.69) is 5.32 Å². The molecule has 0 atom stereocenters. The van der Waals surface area contributed by atoms with E-state index in [1.807, 2.05) is 0 Å². The molecule has 0 saturated carbocycles. The maximum Gasteiger partial charge on any atom is 0.327 e. The fraction of sp³-hybridized carbons (Fsp3) is 0. The van der Waals surface area contributed by atoms with Gasteiger partial charge < -0.3 is 5.32 Å². The third-order valence-electron chi connectivity index (χ3n) is 2.29. The Morgan fingerprint density at radius 3 is 2.44 bits per heavy atom. The van der Waals surface area contributed by atoms with Gasteiger partial charge in [0.1, 0.15) is 5.69 Å². The molecule has 2 rings (SSSR count). The van der Waals surface area contributed by atoms with Crippen molar-refractivity contribution in [2.24, 2.45) is 0 Å². The predicted molar refractivity (Wildman–Crippen MR) is 67.8 cm³/mol. The number of halogens is 2.